The molecule has 3 aromatic rings. The van der Waals surface area contributed by atoms with E-state index in [4.69, 9.17) is 5.73 Å². The summed E-state index contributed by atoms with van der Waals surface area (Å²) in [6.45, 7) is 0.545. The summed E-state index contributed by atoms with van der Waals surface area (Å²) in [5, 5.41) is 14.8. The van der Waals surface area contributed by atoms with Gasteiger partial charge in [-0.25, -0.2) is 9.97 Å². The summed E-state index contributed by atoms with van der Waals surface area (Å²) < 4.78 is 1.70. The van der Waals surface area contributed by atoms with Gasteiger partial charge in [-0.3, -0.25) is 9.78 Å². The summed E-state index contributed by atoms with van der Waals surface area (Å²) in [5.41, 5.74) is 7.39. The third-order valence-electron chi connectivity index (χ3n) is 2.73. The molecule has 0 amide bonds. The molecule has 0 saturated heterocycles. The van der Waals surface area contributed by atoms with Gasteiger partial charge in [0, 0.05) is 19.2 Å². The zero-order valence-electron chi connectivity index (χ0n) is 9.75. The summed E-state index contributed by atoms with van der Waals surface area (Å²) in [7, 11) is 1.84. The van der Waals surface area contributed by atoms with Gasteiger partial charge in [-0.1, -0.05) is 0 Å². The number of aromatic nitrogens is 6. The zero-order chi connectivity index (χ0) is 12.5. The third-order valence-corrected chi connectivity index (χ3v) is 2.73. The van der Waals surface area contributed by atoms with Crippen LogP contribution >= 0.6 is 0 Å². The smallest absolute Gasteiger partial charge is 0.163 e. The molecule has 4 N–H and O–H groups in total. The number of fused-ring (bicyclic) bond motifs is 1. The first-order valence-electron chi connectivity index (χ1n) is 5.40. The number of hydrogen-bond acceptors (Lipinski definition) is 6. The van der Waals surface area contributed by atoms with Crippen molar-refractivity contribution < 1.29 is 0 Å². The Balaban J connectivity index is 1.89. The molecular weight excluding hydrogens is 232 g/mol. The van der Waals surface area contributed by atoms with Crippen LogP contribution in [0, 0.1) is 0 Å². The van der Waals surface area contributed by atoms with Crippen LogP contribution in [0.25, 0.3) is 11.0 Å². The van der Waals surface area contributed by atoms with Crippen LogP contribution in [-0.2, 0) is 13.6 Å². The molecule has 3 aromatic heterocycles. The fraction of sp³-hybridized carbons (Fsp3) is 0.200. The summed E-state index contributed by atoms with van der Waals surface area (Å²) in [6.07, 6.45) is 4.92. The van der Waals surface area contributed by atoms with Crippen molar-refractivity contribution >= 4 is 22.7 Å². The van der Waals surface area contributed by atoms with Crippen molar-refractivity contribution in [2.45, 2.75) is 6.54 Å². The largest absolute Gasteiger partial charge is 0.384 e. The van der Waals surface area contributed by atoms with Gasteiger partial charge in [-0.15, -0.1) is 0 Å². The van der Waals surface area contributed by atoms with Gasteiger partial charge in [-0.05, 0) is 0 Å². The van der Waals surface area contributed by atoms with Crippen molar-refractivity contribution in [1.82, 2.24) is 29.9 Å². The van der Waals surface area contributed by atoms with E-state index in [9.17, 15) is 0 Å². The van der Waals surface area contributed by atoms with E-state index in [1.54, 1.807) is 17.1 Å². The molecule has 0 radical (unpaired) electrons. The molecular formula is C10H12N8. The topological polar surface area (TPSA) is 110 Å². The summed E-state index contributed by atoms with van der Waals surface area (Å²) in [6, 6.07) is 0. The van der Waals surface area contributed by atoms with Crippen LogP contribution in [0.15, 0.2) is 18.7 Å². The van der Waals surface area contributed by atoms with Gasteiger partial charge in [0.15, 0.2) is 5.65 Å². The van der Waals surface area contributed by atoms with E-state index < -0.39 is 0 Å². The van der Waals surface area contributed by atoms with E-state index in [0.717, 1.165) is 22.4 Å². The van der Waals surface area contributed by atoms with Crippen molar-refractivity contribution in [1.29, 1.82) is 0 Å². The fourth-order valence-corrected chi connectivity index (χ4v) is 1.74. The Labute approximate surface area is 102 Å². The predicted molar refractivity (Wildman–Crippen MR) is 66.6 cm³/mol. The van der Waals surface area contributed by atoms with Crippen LogP contribution in [0.3, 0.4) is 0 Å². The number of aryl methyl sites for hydroxylation is 1. The molecule has 0 aliphatic carbocycles. The van der Waals surface area contributed by atoms with Crippen LogP contribution in [0.2, 0.25) is 0 Å². The monoisotopic (exact) mass is 244 g/mol. The molecule has 0 saturated carbocycles. The van der Waals surface area contributed by atoms with Crippen LogP contribution in [0.4, 0.5) is 11.6 Å². The minimum Gasteiger partial charge on any atom is -0.384 e. The lowest BCUT2D eigenvalue weighted by atomic mass is 10.3. The highest BCUT2D eigenvalue weighted by molar-refractivity contribution is 5.85. The Kier molecular flexibility index (Phi) is 2.33. The molecule has 3 heterocycles. The highest BCUT2D eigenvalue weighted by atomic mass is 15.3. The minimum absolute atomic E-state index is 0.545. The molecule has 0 bridgehead atoms. The van der Waals surface area contributed by atoms with Gasteiger partial charge < -0.3 is 11.1 Å². The molecule has 3 rings (SSSR count). The van der Waals surface area contributed by atoms with Crippen molar-refractivity contribution in [3.8, 4) is 0 Å². The standard InChI is InChI=1S/C10H12N8/c1-18-10-7(4-16-18)9(13-5-14-10)12-2-6-3-15-17-8(6)11/h3-5H,2H2,1H3,(H3,11,15,17)(H,12,13,14). The van der Waals surface area contributed by atoms with Gasteiger partial charge in [0.05, 0.1) is 17.8 Å². The molecule has 8 nitrogen and oxygen atoms in total. The number of nitrogens with two attached hydrogens (primary N) is 1. The Morgan fingerprint density at radius 1 is 1.39 bits per heavy atom. The second-order valence-corrected chi connectivity index (χ2v) is 3.89. The molecule has 92 valence electrons. The van der Waals surface area contributed by atoms with Crippen molar-refractivity contribution in [3.05, 3.63) is 24.3 Å². The van der Waals surface area contributed by atoms with Crippen molar-refractivity contribution in [3.63, 3.8) is 0 Å². The van der Waals surface area contributed by atoms with Gasteiger partial charge in [0.1, 0.15) is 18.0 Å². The number of hydrogen-bond donors (Lipinski definition) is 3. The number of rotatable bonds is 3. The van der Waals surface area contributed by atoms with E-state index >= 15 is 0 Å². The van der Waals surface area contributed by atoms with E-state index in [1.165, 1.54) is 6.33 Å². The van der Waals surface area contributed by atoms with E-state index in [-0.39, 0.29) is 0 Å². The Morgan fingerprint density at radius 2 is 2.28 bits per heavy atom. The molecule has 18 heavy (non-hydrogen) atoms. The average molecular weight is 244 g/mol. The van der Waals surface area contributed by atoms with Gasteiger partial charge in [0.2, 0.25) is 0 Å². The minimum atomic E-state index is 0.545. The molecule has 0 atom stereocenters. The summed E-state index contributed by atoms with van der Waals surface area (Å²) in [5.74, 6) is 1.28. The van der Waals surface area contributed by atoms with Gasteiger partial charge in [-0.2, -0.15) is 10.2 Å². The Morgan fingerprint density at radius 3 is 3.06 bits per heavy atom. The highest BCUT2D eigenvalue weighted by Crippen LogP contribution is 2.19. The summed E-state index contributed by atoms with van der Waals surface area (Å²) >= 11 is 0. The number of nitrogen functional groups attached to an aromatic ring is 1. The first kappa shape index (κ1) is 10.5. The molecule has 0 unspecified atom stereocenters. The van der Waals surface area contributed by atoms with Crippen LogP contribution in [0.1, 0.15) is 5.56 Å². The van der Waals surface area contributed by atoms with Crippen molar-refractivity contribution in [2.24, 2.45) is 7.05 Å². The maximum absolute atomic E-state index is 5.71. The first-order valence-corrected chi connectivity index (χ1v) is 5.40. The van der Waals surface area contributed by atoms with Crippen molar-refractivity contribution in [2.75, 3.05) is 11.1 Å². The second-order valence-electron chi connectivity index (χ2n) is 3.89. The molecule has 0 spiro atoms. The van der Waals surface area contributed by atoms with E-state index in [0.29, 0.717) is 12.4 Å². The Bertz CT molecular complexity index is 682. The average Bonchev–Trinajstić information content (AvgIpc) is 2.95. The zero-order valence-corrected chi connectivity index (χ0v) is 9.75. The normalized spacial score (nSPS) is 10.9. The highest BCUT2D eigenvalue weighted by Gasteiger charge is 2.08. The number of anilines is 2. The van der Waals surface area contributed by atoms with Crippen LogP contribution in [0.5, 0.6) is 0 Å². The second kappa shape index (κ2) is 3.99. The SMILES string of the molecule is Cn1ncc2c(NCc3cn[nH]c3N)ncnc21. The van der Waals surface area contributed by atoms with Gasteiger partial charge >= 0.3 is 0 Å². The molecule has 0 fully saturated rings. The Hall–Kier alpha value is -2.64. The first-order chi connectivity index (χ1) is 8.75. The number of aromatic amines is 1. The maximum atomic E-state index is 5.71. The molecule has 0 aliphatic rings. The lowest BCUT2D eigenvalue weighted by Gasteiger charge is -2.05. The summed E-state index contributed by atoms with van der Waals surface area (Å²) in [4.78, 5) is 8.37. The predicted octanol–water partition coefficient (Wildman–Crippen LogP) is 0.281. The van der Waals surface area contributed by atoms with E-state index in [2.05, 4.69) is 30.6 Å². The number of nitrogens with zero attached hydrogens (tertiary/aromatic N) is 5. The van der Waals surface area contributed by atoms with Gasteiger partial charge in [0.25, 0.3) is 0 Å². The van der Waals surface area contributed by atoms with Crippen LogP contribution in [-0.4, -0.2) is 29.9 Å². The fourth-order valence-electron chi connectivity index (χ4n) is 1.74. The quantitative estimate of drug-likeness (QED) is 0.610. The molecule has 0 aliphatic heterocycles. The lowest BCUT2D eigenvalue weighted by molar-refractivity contribution is 0.785. The van der Waals surface area contributed by atoms with E-state index in [1.807, 2.05) is 7.05 Å². The maximum Gasteiger partial charge on any atom is 0.163 e. The molecule has 8 heteroatoms. The number of nitrogens with one attached hydrogen (secondary N) is 2. The number of H-pyrrole nitrogens is 1. The van der Waals surface area contributed by atoms with Crippen LogP contribution < -0.4 is 11.1 Å². The lowest BCUT2D eigenvalue weighted by Crippen LogP contribution is -2.04. The third kappa shape index (κ3) is 1.63. The molecule has 0 aromatic carbocycles.